The van der Waals surface area contributed by atoms with E-state index in [0.29, 0.717) is 5.92 Å². The fourth-order valence-electron chi connectivity index (χ4n) is 9.24. The molecule has 0 spiro atoms. The molecule has 3 heterocycles. The second kappa shape index (κ2) is 19.7. The fourth-order valence-corrected chi connectivity index (χ4v) is 10.8. The Labute approximate surface area is 424 Å². The topological polar surface area (TPSA) is 43.9 Å². The SMILES string of the molecule is CC(C)(C)c1cc(-c2ccccc2)c(-n2c(-c3[c-]ccc4c3oc3ccccc34)nc3ccccc32)c(-c2ccccc2)c1.CC(C)Cc1cc(-c2[c-]cc(C(C)(C)C)cc2)ncc1[Si](C)(C)C.[Ir]. The summed E-state index contributed by atoms with van der Waals surface area (Å²) < 4.78 is 8.86. The summed E-state index contributed by atoms with van der Waals surface area (Å²) in [6, 6.07) is 62.5. The third-order valence-corrected chi connectivity index (χ3v) is 14.9. The Morgan fingerprint density at radius 3 is 1.86 bits per heavy atom. The van der Waals surface area contributed by atoms with Crippen LogP contribution in [0.2, 0.25) is 19.6 Å². The van der Waals surface area contributed by atoms with Gasteiger partial charge in [-0.05, 0) is 81.1 Å². The summed E-state index contributed by atoms with van der Waals surface area (Å²) in [5, 5.41) is 3.64. The largest absolute Gasteiger partial charge is 0.501 e. The minimum absolute atomic E-state index is 0. The predicted molar refractivity (Wildman–Crippen MR) is 291 cm³/mol. The van der Waals surface area contributed by atoms with E-state index in [9.17, 15) is 0 Å². The normalized spacial score (nSPS) is 12.1. The molecule has 0 amide bonds. The third kappa shape index (κ3) is 10.3. The summed E-state index contributed by atoms with van der Waals surface area (Å²) in [5.41, 5.74) is 16.4. The molecule has 6 heteroatoms. The van der Waals surface area contributed by atoms with Gasteiger partial charge in [-0.1, -0.05) is 189 Å². The van der Waals surface area contributed by atoms with E-state index in [1.54, 1.807) is 0 Å². The van der Waals surface area contributed by atoms with Crippen molar-refractivity contribution in [2.45, 2.75) is 92.3 Å². The Hall–Kier alpha value is -6.17. The van der Waals surface area contributed by atoms with Gasteiger partial charge in [0.2, 0.25) is 0 Å². The Bertz CT molecular complexity index is 3320. The molecule has 0 saturated heterocycles. The van der Waals surface area contributed by atoms with E-state index in [0.717, 1.165) is 90.0 Å². The number of pyridine rings is 1. The molecule has 7 aromatic carbocycles. The van der Waals surface area contributed by atoms with Crippen LogP contribution < -0.4 is 5.19 Å². The van der Waals surface area contributed by atoms with Gasteiger partial charge in [0.05, 0.1) is 36.2 Å². The molecule has 351 valence electrons. The number of nitrogens with zero attached hydrogens (tertiary/aromatic N) is 3. The van der Waals surface area contributed by atoms with Crippen LogP contribution in [0, 0.1) is 18.1 Å². The zero-order valence-corrected chi connectivity index (χ0v) is 45.4. The Balaban J connectivity index is 0.000000219. The van der Waals surface area contributed by atoms with Crippen molar-refractivity contribution < 1.29 is 24.5 Å². The van der Waals surface area contributed by atoms with E-state index in [-0.39, 0.29) is 30.9 Å². The minimum Gasteiger partial charge on any atom is -0.501 e. The molecule has 4 nitrogen and oxygen atoms in total. The van der Waals surface area contributed by atoms with Crippen LogP contribution in [0.1, 0.15) is 72.1 Å². The Kier molecular flexibility index (Phi) is 14.0. The summed E-state index contributed by atoms with van der Waals surface area (Å²) in [5.74, 6) is 1.45. The smallest absolute Gasteiger partial charge is 0.120 e. The van der Waals surface area contributed by atoms with Gasteiger partial charge in [0, 0.05) is 42.8 Å². The molecule has 3 aromatic heterocycles. The number of fused-ring (bicyclic) bond motifs is 4. The van der Waals surface area contributed by atoms with Gasteiger partial charge in [0.1, 0.15) is 5.58 Å². The van der Waals surface area contributed by atoms with Crippen LogP contribution in [-0.4, -0.2) is 22.6 Å². The molecule has 0 saturated carbocycles. The van der Waals surface area contributed by atoms with E-state index in [2.05, 4.69) is 231 Å². The van der Waals surface area contributed by atoms with Gasteiger partial charge in [-0.15, -0.1) is 53.6 Å². The standard InChI is InChI=1S/C41H31N2O.C22H32NSi.Ir/c1-41(2,3)29-25-33(27-15-6-4-7-16-27)38(34(26-29)28-17-8-5-9-18-28)43-36-23-12-11-22-35(36)42-40(43)32-21-14-20-31-30-19-10-13-24-37(30)44-39(31)32;1-16(2)13-18-14-20(23-15-21(18)24(6,7)8)17-9-11-19(12-10-17)22(3,4)5;/h4-20,22-26H,1-3H3;9,11-12,14-16H,13H2,1-8H3;/q2*-1;. The molecular formula is C63H63IrN3OSi-2. The first kappa shape index (κ1) is 49.3. The second-order valence-electron chi connectivity index (χ2n) is 21.7. The van der Waals surface area contributed by atoms with Crippen LogP contribution in [0.3, 0.4) is 0 Å². The molecule has 10 aromatic rings. The van der Waals surface area contributed by atoms with Gasteiger partial charge in [0.15, 0.2) is 0 Å². The molecule has 0 bridgehead atoms. The van der Waals surface area contributed by atoms with E-state index in [1.807, 2.05) is 24.3 Å². The van der Waals surface area contributed by atoms with Crippen molar-refractivity contribution in [3.05, 3.63) is 193 Å². The first-order chi connectivity index (χ1) is 32.5. The number of furan rings is 1. The molecule has 0 aliphatic heterocycles. The number of benzene rings is 7. The zero-order valence-electron chi connectivity index (χ0n) is 42.0. The molecule has 0 N–H and O–H groups in total. The van der Waals surface area contributed by atoms with Crippen LogP contribution in [0.5, 0.6) is 0 Å². The molecule has 1 radical (unpaired) electrons. The summed E-state index contributed by atoms with van der Waals surface area (Å²) in [4.78, 5) is 10.1. The van der Waals surface area contributed by atoms with Gasteiger partial charge in [-0.3, -0.25) is 4.98 Å². The van der Waals surface area contributed by atoms with Crippen LogP contribution in [-0.2, 0) is 37.4 Å². The van der Waals surface area contributed by atoms with E-state index in [4.69, 9.17) is 14.4 Å². The Morgan fingerprint density at radius 2 is 1.26 bits per heavy atom. The first-order valence-electron chi connectivity index (χ1n) is 24.1. The Morgan fingerprint density at radius 1 is 0.652 bits per heavy atom. The van der Waals surface area contributed by atoms with Crippen molar-refractivity contribution >= 4 is 46.2 Å². The van der Waals surface area contributed by atoms with E-state index in [1.165, 1.54) is 21.9 Å². The van der Waals surface area contributed by atoms with E-state index < -0.39 is 8.07 Å². The minimum atomic E-state index is -1.38. The summed E-state index contributed by atoms with van der Waals surface area (Å²) in [7, 11) is -1.38. The van der Waals surface area contributed by atoms with Crippen molar-refractivity contribution in [3.63, 3.8) is 0 Å². The fraction of sp³-hybridized carbons (Fsp3) is 0.238. The molecular weight excluding hydrogens is 1040 g/mol. The maximum atomic E-state index is 6.53. The van der Waals surface area contributed by atoms with Crippen molar-refractivity contribution in [2.24, 2.45) is 5.92 Å². The maximum Gasteiger partial charge on any atom is 0.120 e. The first-order valence-corrected chi connectivity index (χ1v) is 27.6. The number of hydrogen-bond donors (Lipinski definition) is 0. The summed E-state index contributed by atoms with van der Waals surface area (Å²) in [6.45, 7) is 25.3. The monoisotopic (exact) mass is 1100 g/mol. The quantitative estimate of drug-likeness (QED) is 0.112. The summed E-state index contributed by atoms with van der Waals surface area (Å²) >= 11 is 0. The molecule has 0 aliphatic carbocycles. The van der Waals surface area contributed by atoms with Gasteiger partial charge >= 0.3 is 0 Å². The maximum absolute atomic E-state index is 6.53. The average Bonchev–Trinajstić information content (AvgIpc) is 3.90. The predicted octanol–water partition coefficient (Wildman–Crippen LogP) is 16.6. The van der Waals surface area contributed by atoms with Crippen molar-refractivity contribution in [1.82, 2.24) is 14.5 Å². The van der Waals surface area contributed by atoms with Crippen LogP contribution in [0.25, 0.3) is 83.6 Å². The van der Waals surface area contributed by atoms with E-state index >= 15 is 0 Å². The van der Waals surface area contributed by atoms with Gasteiger partial charge in [-0.2, -0.15) is 0 Å². The number of rotatable bonds is 8. The van der Waals surface area contributed by atoms with Gasteiger partial charge in [0.25, 0.3) is 0 Å². The van der Waals surface area contributed by atoms with Crippen LogP contribution in [0.4, 0.5) is 0 Å². The molecule has 0 aliphatic rings. The molecule has 10 rings (SSSR count). The number of para-hydroxylation sites is 3. The molecule has 0 unspecified atom stereocenters. The van der Waals surface area contributed by atoms with Gasteiger partial charge < -0.3 is 14.0 Å². The molecule has 0 fully saturated rings. The third-order valence-electron chi connectivity index (χ3n) is 12.9. The van der Waals surface area contributed by atoms with Crippen molar-refractivity contribution in [2.75, 3.05) is 0 Å². The van der Waals surface area contributed by atoms with Crippen LogP contribution >= 0.6 is 0 Å². The van der Waals surface area contributed by atoms with Gasteiger partial charge in [-0.25, -0.2) is 0 Å². The average molecular weight is 1100 g/mol. The number of imidazole rings is 1. The molecule has 0 atom stereocenters. The second-order valence-corrected chi connectivity index (χ2v) is 26.7. The van der Waals surface area contributed by atoms with Crippen molar-refractivity contribution in [3.8, 4) is 50.6 Å². The number of aromatic nitrogens is 3. The zero-order chi connectivity index (χ0) is 48.0. The summed E-state index contributed by atoms with van der Waals surface area (Å²) in [6.07, 6.45) is 3.25. The van der Waals surface area contributed by atoms with Crippen molar-refractivity contribution in [1.29, 1.82) is 0 Å². The molecule has 69 heavy (non-hydrogen) atoms. The van der Waals surface area contributed by atoms with Crippen LogP contribution in [0.15, 0.2) is 168 Å². The number of hydrogen-bond acceptors (Lipinski definition) is 3.